The molecule has 2 rings (SSSR count). The normalized spacial score (nSPS) is 13.6. The number of carbonyl (C=O) groups is 1. The molecule has 0 unspecified atom stereocenters. The number of nitrogens with zero attached hydrogens (tertiary/aromatic N) is 2. The summed E-state index contributed by atoms with van der Waals surface area (Å²) in [6.45, 7) is 0. The van der Waals surface area contributed by atoms with Crippen LogP contribution in [0.3, 0.4) is 0 Å². The van der Waals surface area contributed by atoms with E-state index in [9.17, 15) is 9.70 Å². The molecule has 0 aliphatic carbocycles. The van der Waals surface area contributed by atoms with E-state index in [1.165, 1.54) is 6.20 Å². The smallest absolute Gasteiger partial charge is 0.314 e. The van der Waals surface area contributed by atoms with Gasteiger partial charge < -0.3 is 5.32 Å². The lowest BCUT2D eigenvalue weighted by atomic mass is 10.0. The fourth-order valence-electron chi connectivity index (χ4n) is 1.32. The third kappa shape index (κ3) is 1.39. The quantitative estimate of drug-likeness (QED) is 0.674. The Morgan fingerprint density at radius 1 is 1.57 bits per heavy atom. The maximum Gasteiger partial charge on any atom is 0.314 e. The van der Waals surface area contributed by atoms with Gasteiger partial charge in [0.05, 0.1) is 0 Å². The van der Waals surface area contributed by atoms with Crippen LogP contribution in [0.15, 0.2) is 35.3 Å². The van der Waals surface area contributed by atoms with E-state index in [2.05, 4.69) is 15.5 Å². The van der Waals surface area contributed by atoms with Gasteiger partial charge in [0, 0.05) is 29.6 Å². The summed E-state index contributed by atoms with van der Waals surface area (Å²) in [5.41, 5.74) is 1.25. The first kappa shape index (κ1) is 8.55. The van der Waals surface area contributed by atoms with Crippen LogP contribution in [0, 0.1) is 4.91 Å². The number of nitroso groups, excluding NO2 is 1. The van der Waals surface area contributed by atoms with Crippen LogP contribution < -0.4 is 5.32 Å². The van der Waals surface area contributed by atoms with E-state index in [4.69, 9.17) is 0 Å². The van der Waals surface area contributed by atoms with Crippen molar-refractivity contribution in [3.8, 4) is 0 Å². The highest BCUT2D eigenvalue weighted by atomic mass is 16.3. The zero-order chi connectivity index (χ0) is 9.97. The Bertz CT molecular complexity index is 426. The van der Waals surface area contributed by atoms with Crippen molar-refractivity contribution in [3.63, 3.8) is 0 Å². The molecule has 1 aliphatic heterocycles. The van der Waals surface area contributed by atoms with Gasteiger partial charge in [0.15, 0.2) is 0 Å². The summed E-state index contributed by atoms with van der Waals surface area (Å²) in [4.78, 5) is 25.1. The molecule has 0 spiro atoms. The summed E-state index contributed by atoms with van der Waals surface area (Å²) in [6, 6.07) is 3.63. The SMILES string of the molecule is O=NC(=O)C1=CNc2ncccc2C1. The molecular weight excluding hydrogens is 182 g/mol. The van der Waals surface area contributed by atoms with Crippen molar-refractivity contribution >= 4 is 11.7 Å². The summed E-state index contributed by atoms with van der Waals surface area (Å²) in [5.74, 6) is -0.0121. The maximum atomic E-state index is 11.0. The van der Waals surface area contributed by atoms with Crippen molar-refractivity contribution in [2.24, 2.45) is 5.18 Å². The second-order valence-electron chi connectivity index (χ2n) is 2.90. The molecule has 0 aromatic carbocycles. The van der Waals surface area contributed by atoms with E-state index >= 15 is 0 Å². The van der Waals surface area contributed by atoms with Crippen molar-refractivity contribution in [2.45, 2.75) is 6.42 Å². The number of carbonyl (C=O) groups excluding carboxylic acids is 1. The van der Waals surface area contributed by atoms with Gasteiger partial charge >= 0.3 is 5.91 Å². The molecule has 0 fully saturated rings. The first-order valence-electron chi connectivity index (χ1n) is 4.08. The molecule has 1 amide bonds. The molecule has 5 nitrogen and oxygen atoms in total. The lowest BCUT2D eigenvalue weighted by Gasteiger charge is -2.13. The lowest BCUT2D eigenvalue weighted by Crippen LogP contribution is -2.12. The third-order valence-electron chi connectivity index (χ3n) is 2.01. The van der Waals surface area contributed by atoms with Gasteiger partial charge in [-0.3, -0.25) is 4.79 Å². The van der Waals surface area contributed by atoms with Crippen molar-refractivity contribution in [1.82, 2.24) is 4.98 Å². The topological polar surface area (TPSA) is 71.4 Å². The fourth-order valence-corrected chi connectivity index (χ4v) is 1.32. The predicted octanol–water partition coefficient (Wildman–Crippen LogP) is 1.23. The number of aromatic nitrogens is 1. The Morgan fingerprint density at radius 3 is 3.21 bits per heavy atom. The van der Waals surface area contributed by atoms with E-state index in [0.717, 1.165) is 11.4 Å². The molecule has 0 bridgehead atoms. The largest absolute Gasteiger partial charge is 0.346 e. The van der Waals surface area contributed by atoms with Crippen LogP contribution in [0.1, 0.15) is 5.56 Å². The van der Waals surface area contributed by atoms with Gasteiger partial charge in [0.25, 0.3) is 0 Å². The molecule has 0 radical (unpaired) electrons. The van der Waals surface area contributed by atoms with Gasteiger partial charge in [0.2, 0.25) is 0 Å². The summed E-state index contributed by atoms with van der Waals surface area (Å²) in [7, 11) is 0. The van der Waals surface area contributed by atoms with Gasteiger partial charge in [-0.1, -0.05) is 6.07 Å². The molecule has 70 valence electrons. The fraction of sp³-hybridized carbons (Fsp3) is 0.111. The van der Waals surface area contributed by atoms with Gasteiger partial charge in [-0.25, -0.2) is 4.98 Å². The summed E-state index contributed by atoms with van der Waals surface area (Å²) in [5, 5.41) is 5.20. The number of nitrogens with one attached hydrogen (secondary N) is 1. The van der Waals surface area contributed by atoms with Crippen LogP contribution in [-0.2, 0) is 11.2 Å². The molecule has 0 saturated heterocycles. The Balaban J connectivity index is 2.29. The summed E-state index contributed by atoms with van der Waals surface area (Å²) >= 11 is 0. The predicted molar refractivity (Wildman–Crippen MR) is 50.4 cm³/mol. The van der Waals surface area contributed by atoms with E-state index < -0.39 is 5.91 Å². The highest BCUT2D eigenvalue weighted by molar-refractivity contribution is 5.95. The van der Waals surface area contributed by atoms with Gasteiger partial charge in [0.1, 0.15) is 5.82 Å². The van der Waals surface area contributed by atoms with Crippen molar-refractivity contribution in [2.75, 3.05) is 5.32 Å². The highest BCUT2D eigenvalue weighted by Crippen LogP contribution is 2.21. The van der Waals surface area contributed by atoms with Crippen LogP contribution in [0.5, 0.6) is 0 Å². The minimum absolute atomic E-state index is 0.362. The minimum atomic E-state index is -0.730. The first-order valence-corrected chi connectivity index (χ1v) is 4.08. The molecule has 1 aromatic rings. The Kier molecular flexibility index (Phi) is 2.06. The molecule has 14 heavy (non-hydrogen) atoms. The average molecular weight is 189 g/mol. The Labute approximate surface area is 79.8 Å². The summed E-state index contributed by atoms with van der Waals surface area (Å²) in [6.07, 6.45) is 3.53. The van der Waals surface area contributed by atoms with E-state index in [1.54, 1.807) is 12.3 Å². The van der Waals surface area contributed by atoms with Crippen LogP contribution in [0.4, 0.5) is 5.82 Å². The zero-order valence-electron chi connectivity index (χ0n) is 7.23. The number of amides is 1. The minimum Gasteiger partial charge on any atom is -0.346 e. The van der Waals surface area contributed by atoms with Crippen molar-refractivity contribution in [1.29, 1.82) is 0 Å². The number of hydrogen-bond donors (Lipinski definition) is 1. The average Bonchev–Trinajstić information content (AvgIpc) is 2.27. The highest BCUT2D eigenvalue weighted by Gasteiger charge is 2.17. The number of anilines is 1. The van der Waals surface area contributed by atoms with E-state index in [0.29, 0.717) is 12.0 Å². The molecular formula is C9H7N3O2. The molecule has 1 N–H and O–H groups in total. The number of rotatable bonds is 1. The van der Waals surface area contributed by atoms with Crippen molar-refractivity contribution in [3.05, 3.63) is 40.6 Å². The number of fused-ring (bicyclic) bond motifs is 1. The molecule has 1 aromatic heterocycles. The molecule has 1 aliphatic rings. The maximum absolute atomic E-state index is 11.0. The van der Waals surface area contributed by atoms with Crippen LogP contribution in [0.25, 0.3) is 0 Å². The second-order valence-corrected chi connectivity index (χ2v) is 2.90. The molecule has 5 heteroatoms. The van der Waals surface area contributed by atoms with Gasteiger partial charge in [-0.05, 0) is 11.6 Å². The van der Waals surface area contributed by atoms with Crippen LogP contribution in [0.2, 0.25) is 0 Å². The van der Waals surface area contributed by atoms with E-state index in [-0.39, 0.29) is 0 Å². The standard InChI is InChI=1S/C9H7N3O2/c13-9(12-14)7-4-6-2-1-3-10-8(6)11-5-7/h1-3,5H,4H2,(H,10,11). The summed E-state index contributed by atoms with van der Waals surface area (Å²) < 4.78 is 0. The molecule has 0 saturated carbocycles. The van der Waals surface area contributed by atoms with Gasteiger partial charge in [-0.2, -0.15) is 0 Å². The van der Waals surface area contributed by atoms with Crippen molar-refractivity contribution < 1.29 is 4.79 Å². The Hall–Kier alpha value is -2.04. The monoisotopic (exact) mass is 189 g/mol. The molecule has 2 heterocycles. The third-order valence-corrected chi connectivity index (χ3v) is 2.01. The molecule has 0 atom stereocenters. The lowest BCUT2D eigenvalue weighted by molar-refractivity contribution is -0.114. The van der Waals surface area contributed by atoms with Crippen LogP contribution >= 0.6 is 0 Å². The van der Waals surface area contributed by atoms with Gasteiger partial charge in [-0.15, -0.1) is 4.91 Å². The second kappa shape index (κ2) is 3.37. The zero-order valence-corrected chi connectivity index (χ0v) is 7.23. The Morgan fingerprint density at radius 2 is 2.43 bits per heavy atom. The number of pyridine rings is 1. The van der Waals surface area contributed by atoms with Crippen LogP contribution in [-0.4, -0.2) is 10.9 Å². The number of hydrogen-bond acceptors (Lipinski definition) is 4. The van der Waals surface area contributed by atoms with E-state index in [1.807, 2.05) is 6.07 Å². The first-order chi connectivity index (χ1) is 6.81.